The van der Waals surface area contributed by atoms with E-state index in [-0.39, 0.29) is 34.2 Å². The van der Waals surface area contributed by atoms with Crippen LogP contribution in [0, 0.1) is 0 Å². The normalized spacial score (nSPS) is 14.7. The number of benzene rings is 2. The lowest BCUT2D eigenvalue weighted by Gasteiger charge is -2.33. The van der Waals surface area contributed by atoms with Gasteiger partial charge in [0.1, 0.15) is 18.3 Å². The number of hydrogen-bond acceptors (Lipinski definition) is 5. The summed E-state index contributed by atoms with van der Waals surface area (Å²) < 4.78 is 31.7. The van der Waals surface area contributed by atoms with Crippen LogP contribution in [-0.2, 0) is 26.2 Å². The Kier molecular flexibility index (Phi) is 10.1. The molecule has 0 aliphatic heterocycles. The van der Waals surface area contributed by atoms with E-state index >= 15 is 0 Å². The summed E-state index contributed by atoms with van der Waals surface area (Å²) in [6.45, 7) is 1.43. The van der Waals surface area contributed by atoms with E-state index in [2.05, 4.69) is 5.32 Å². The largest absolute Gasteiger partial charge is 0.497 e. The van der Waals surface area contributed by atoms with Crippen molar-refractivity contribution >= 4 is 50.7 Å². The van der Waals surface area contributed by atoms with Crippen LogP contribution in [-0.4, -0.2) is 57.1 Å². The molecule has 0 radical (unpaired) electrons. The van der Waals surface area contributed by atoms with E-state index in [1.165, 1.54) is 23.1 Å². The van der Waals surface area contributed by atoms with Crippen LogP contribution in [0.1, 0.15) is 44.6 Å². The molecule has 11 heteroatoms. The van der Waals surface area contributed by atoms with Gasteiger partial charge in [-0.25, -0.2) is 8.42 Å². The number of halogens is 2. The minimum atomic E-state index is -3.87. The van der Waals surface area contributed by atoms with Gasteiger partial charge in [-0.1, -0.05) is 55.1 Å². The first-order chi connectivity index (χ1) is 17.5. The number of methoxy groups -OCH3 is 1. The molecular formula is C26H33Cl2N3O5S. The number of ether oxygens (including phenoxy) is 1. The molecule has 0 heterocycles. The highest BCUT2D eigenvalue weighted by Gasteiger charge is 2.33. The van der Waals surface area contributed by atoms with Gasteiger partial charge in [-0.15, -0.1) is 0 Å². The molecule has 1 saturated carbocycles. The van der Waals surface area contributed by atoms with Crippen molar-refractivity contribution in [2.75, 3.05) is 24.2 Å². The van der Waals surface area contributed by atoms with Crippen molar-refractivity contribution in [2.45, 2.75) is 57.7 Å². The highest BCUT2D eigenvalue weighted by atomic mass is 35.5. The Balaban J connectivity index is 1.94. The van der Waals surface area contributed by atoms with E-state index in [9.17, 15) is 18.0 Å². The Bertz CT molecular complexity index is 1220. The van der Waals surface area contributed by atoms with E-state index in [4.69, 9.17) is 27.9 Å². The summed E-state index contributed by atoms with van der Waals surface area (Å²) >= 11 is 12.1. The smallest absolute Gasteiger partial charge is 0.244 e. The lowest BCUT2D eigenvalue weighted by Crippen LogP contribution is -2.53. The molecule has 8 nitrogen and oxygen atoms in total. The van der Waals surface area contributed by atoms with Crippen molar-refractivity contribution in [1.29, 1.82) is 0 Å². The number of nitrogens with one attached hydrogen (secondary N) is 1. The zero-order valence-electron chi connectivity index (χ0n) is 21.2. The van der Waals surface area contributed by atoms with Crippen LogP contribution in [0.4, 0.5) is 5.69 Å². The van der Waals surface area contributed by atoms with Crippen molar-refractivity contribution in [1.82, 2.24) is 10.2 Å². The van der Waals surface area contributed by atoms with Gasteiger partial charge in [0.25, 0.3) is 0 Å². The van der Waals surface area contributed by atoms with Crippen molar-refractivity contribution in [3.63, 3.8) is 0 Å². The van der Waals surface area contributed by atoms with Gasteiger partial charge in [-0.2, -0.15) is 0 Å². The summed E-state index contributed by atoms with van der Waals surface area (Å²) in [6.07, 6.45) is 5.30. The molecular weight excluding hydrogens is 537 g/mol. The number of carbonyl (C=O) groups is 2. The van der Waals surface area contributed by atoms with Crippen LogP contribution in [0.5, 0.6) is 5.75 Å². The first kappa shape index (κ1) is 29.1. The van der Waals surface area contributed by atoms with Gasteiger partial charge in [0.05, 0.1) is 29.1 Å². The zero-order chi connectivity index (χ0) is 27.2. The van der Waals surface area contributed by atoms with Crippen molar-refractivity contribution in [3.8, 4) is 5.75 Å². The third-order valence-corrected chi connectivity index (χ3v) is 8.32. The summed E-state index contributed by atoms with van der Waals surface area (Å²) in [4.78, 5) is 28.5. The first-order valence-corrected chi connectivity index (χ1v) is 14.8. The van der Waals surface area contributed by atoms with Crippen molar-refractivity contribution in [2.24, 2.45) is 0 Å². The quantitative estimate of drug-likeness (QED) is 0.425. The van der Waals surface area contributed by atoms with Gasteiger partial charge < -0.3 is 15.0 Å². The zero-order valence-corrected chi connectivity index (χ0v) is 23.6. The molecule has 0 saturated heterocycles. The predicted octanol–water partition coefficient (Wildman–Crippen LogP) is 4.63. The van der Waals surface area contributed by atoms with Gasteiger partial charge in [0.2, 0.25) is 21.8 Å². The van der Waals surface area contributed by atoms with Gasteiger partial charge in [0, 0.05) is 12.6 Å². The molecule has 202 valence electrons. The Morgan fingerprint density at radius 3 is 2.41 bits per heavy atom. The maximum absolute atomic E-state index is 13.8. The molecule has 1 fully saturated rings. The SMILES string of the molecule is CCC(C(=O)NC1CCCC1)N(Cc1cccc(OC)c1)C(=O)CN(c1ccc(Cl)c(Cl)c1)S(C)(=O)=O. The fourth-order valence-corrected chi connectivity index (χ4v) is 5.64. The van der Waals surface area contributed by atoms with Crippen LogP contribution in [0.3, 0.4) is 0 Å². The van der Waals surface area contributed by atoms with Crippen molar-refractivity contribution in [3.05, 3.63) is 58.1 Å². The highest BCUT2D eigenvalue weighted by molar-refractivity contribution is 7.92. The van der Waals surface area contributed by atoms with E-state index in [0.29, 0.717) is 12.2 Å². The second kappa shape index (κ2) is 12.8. The molecule has 1 N–H and O–H groups in total. The van der Waals surface area contributed by atoms with Gasteiger partial charge in [-0.3, -0.25) is 13.9 Å². The summed E-state index contributed by atoms with van der Waals surface area (Å²) in [7, 11) is -2.32. The molecule has 1 unspecified atom stereocenters. The summed E-state index contributed by atoms with van der Waals surface area (Å²) in [5.41, 5.74) is 0.954. The Morgan fingerprint density at radius 2 is 1.81 bits per heavy atom. The van der Waals surface area contributed by atoms with E-state index in [0.717, 1.165) is 41.8 Å². The standard InChI is InChI=1S/C26H33Cl2N3O5S/c1-4-24(26(33)29-19-9-5-6-10-19)30(16-18-8-7-11-21(14-18)36-2)25(32)17-31(37(3,34)35)20-12-13-22(27)23(28)15-20/h7-8,11-15,19,24H,4-6,9-10,16-17H2,1-3H3,(H,29,33). The minimum absolute atomic E-state index is 0.0825. The summed E-state index contributed by atoms with van der Waals surface area (Å²) in [5, 5.41) is 3.51. The Hall–Kier alpha value is -2.49. The number of hydrogen-bond donors (Lipinski definition) is 1. The second-order valence-electron chi connectivity index (χ2n) is 9.16. The van der Waals surface area contributed by atoms with Gasteiger partial charge >= 0.3 is 0 Å². The van der Waals surface area contributed by atoms with E-state index in [1.807, 2.05) is 13.0 Å². The number of anilines is 1. The van der Waals surface area contributed by atoms with Crippen LogP contribution in [0.15, 0.2) is 42.5 Å². The monoisotopic (exact) mass is 569 g/mol. The minimum Gasteiger partial charge on any atom is -0.497 e. The third kappa shape index (κ3) is 7.75. The molecule has 1 atom stereocenters. The molecule has 0 bridgehead atoms. The second-order valence-corrected chi connectivity index (χ2v) is 11.9. The number of nitrogens with zero attached hydrogens (tertiary/aromatic N) is 2. The maximum Gasteiger partial charge on any atom is 0.244 e. The predicted molar refractivity (Wildman–Crippen MR) is 147 cm³/mol. The molecule has 2 amide bonds. The topological polar surface area (TPSA) is 96.0 Å². The number of amides is 2. The average Bonchev–Trinajstić information content (AvgIpc) is 3.36. The number of sulfonamides is 1. The summed E-state index contributed by atoms with van der Waals surface area (Å²) in [5.74, 6) is -0.152. The molecule has 1 aliphatic carbocycles. The Morgan fingerprint density at radius 1 is 1.11 bits per heavy atom. The van der Waals surface area contributed by atoms with E-state index < -0.39 is 28.5 Å². The fraction of sp³-hybridized carbons (Fsp3) is 0.462. The first-order valence-electron chi connectivity index (χ1n) is 12.2. The average molecular weight is 571 g/mol. The molecule has 3 rings (SSSR count). The van der Waals surface area contributed by atoms with Crippen LogP contribution < -0.4 is 14.4 Å². The van der Waals surface area contributed by atoms with E-state index in [1.54, 1.807) is 25.3 Å². The highest BCUT2D eigenvalue weighted by Crippen LogP contribution is 2.29. The third-order valence-electron chi connectivity index (χ3n) is 6.44. The lowest BCUT2D eigenvalue weighted by molar-refractivity contribution is -0.140. The molecule has 1 aliphatic rings. The molecule has 2 aromatic carbocycles. The van der Waals surface area contributed by atoms with Crippen LogP contribution >= 0.6 is 23.2 Å². The van der Waals surface area contributed by atoms with Crippen LogP contribution in [0.25, 0.3) is 0 Å². The maximum atomic E-state index is 13.8. The molecule has 2 aromatic rings. The van der Waals surface area contributed by atoms with Crippen LogP contribution in [0.2, 0.25) is 10.0 Å². The fourth-order valence-electron chi connectivity index (χ4n) is 4.51. The Labute approximate surface area is 228 Å². The summed E-state index contributed by atoms with van der Waals surface area (Å²) in [6, 6.07) is 10.9. The molecule has 0 spiro atoms. The molecule has 37 heavy (non-hydrogen) atoms. The van der Waals surface area contributed by atoms with Gasteiger partial charge in [-0.05, 0) is 55.2 Å². The number of carbonyl (C=O) groups excluding carboxylic acids is 2. The van der Waals surface area contributed by atoms with Crippen molar-refractivity contribution < 1.29 is 22.7 Å². The van der Waals surface area contributed by atoms with Gasteiger partial charge in [0.15, 0.2) is 0 Å². The number of rotatable bonds is 11. The lowest BCUT2D eigenvalue weighted by atomic mass is 10.1. The molecule has 0 aromatic heterocycles.